The number of ether oxygens (including phenoxy) is 1. The van der Waals surface area contributed by atoms with Gasteiger partial charge in [-0.1, -0.05) is 411 Å². The Bertz CT molecular complexity index is 1300. The predicted octanol–water partition coefficient (Wildman–Crippen LogP) is 26.3. The molecule has 0 aliphatic rings. The Balaban J connectivity index is 3.34. The highest BCUT2D eigenvalue weighted by molar-refractivity contribution is 5.76. The van der Waals surface area contributed by atoms with Crippen molar-refractivity contribution in [1.29, 1.82) is 0 Å². The molecule has 2 unspecified atom stereocenters. The Labute approximate surface area is 539 Å². The summed E-state index contributed by atoms with van der Waals surface area (Å²) in [4.78, 5) is 24.7. The second kappa shape index (κ2) is 76.1. The average molecular weight is 1210 g/mol. The molecule has 0 saturated heterocycles. The van der Waals surface area contributed by atoms with Gasteiger partial charge in [0, 0.05) is 12.8 Å². The average Bonchev–Trinajstić information content (AvgIpc) is 3.61. The molecular formula is C80H157NO5. The fourth-order valence-corrected chi connectivity index (χ4v) is 13.0. The number of hydrogen-bond acceptors (Lipinski definition) is 5. The van der Waals surface area contributed by atoms with Crippen molar-refractivity contribution in [1.82, 2.24) is 5.32 Å². The van der Waals surface area contributed by atoms with E-state index in [-0.39, 0.29) is 18.5 Å². The quantitative estimate of drug-likeness (QED) is 0.0320. The van der Waals surface area contributed by atoms with Gasteiger partial charge in [0.25, 0.3) is 0 Å². The molecule has 0 aliphatic carbocycles. The van der Waals surface area contributed by atoms with E-state index in [4.69, 9.17) is 4.74 Å². The van der Waals surface area contributed by atoms with Crippen LogP contribution in [0, 0.1) is 0 Å². The summed E-state index contributed by atoms with van der Waals surface area (Å²) in [6.07, 6.45) is 95.9. The van der Waals surface area contributed by atoms with Crippen LogP contribution < -0.4 is 5.32 Å². The molecule has 0 heterocycles. The van der Waals surface area contributed by atoms with Gasteiger partial charge >= 0.3 is 5.97 Å². The van der Waals surface area contributed by atoms with Crippen LogP contribution in [0.5, 0.6) is 0 Å². The molecular weight excluding hydrogens is 1050 g/mol. The lowest BCUT2D eigenvalue weighted by Crippen LogP contribution is -2.45. The third-order valence-electron chi connectivity index (χ3n) is 19.1. The van der Waals surface area contributed by atoms with Crippen LogP contribution in [0.25, 0.3) is 0 Å². The molecule has 0 aromatic rings. The molecule has 6 nitrogen and oxygen atoms in total. The van der Waals surface area contributed by atoms with Crippen LogP contribution >= 0.6 is 0 Å². The van der Waals surface area contributed by atoms with Gasteiger partial charge in [0.1, 0.15) is 0 Å². The van der Waals surface area contributed by atoms with Crippen LogP contribution in [0.2, 0.25) is 0 Å². The largest absolute Gasteiger partial charge is 0.466 e. The van der Waals surface area contributed by atoms with Crippen molar-refractivity contribution in [3.05, 3.63) is 12.2 Å². The van der Waals surface area contributed by atoms with Gasteiger partial charge in [-0.05, 0) is 51.4 Å². The molecule has 0 saturated carbocycles. The summed E-state index contributed by atoms with van der Waals surface area (Å²) in [5.74, 6) is -0.00292. The number of carbonyl (C=O) groups is 2. The molecule has 1 amide bonds. The smallest absolute Gasteiger partial charge is 0.305 e. The first-order valence-corrected chi connectivity index (χ1v) is 39.9. The molecule has 0 fully saturated rings. The standard InChI is InChI=1S/C80H157NO5/c1-3-5-7-9-11-13-15-17-19-21-22-38-41-44-48-52-56-60-64-68-72-78(83)77(76-82)81-79(84)73-69-65-61-57-53-49-45-42-39-36-34-32-30-28-26-24-23-25-27-29-31-33-35-37-40-43-47-51-55-59-63-67-71-75-86-80(85)74-70-66-62-58-54-50-46-20-18-16-14-12-10-8-6-4-2/h27,29,77-78,82-83H,3-26,28,30-76H2,1-2H3,(H,81,84)/b29-27-. The molecule has 0 rings (SSSR count). The fraction of sp³-hybridized carbons (Fsp3) is 0.950. The minimum absolute atomic E-state index is 0.0235. The summed E-state index contributed by atoms with van der Waals surface area (Å²) in [5, 5.41) is 23.4. The fourth-order valence-electron chi connectivity index (χ4n) is 13.0. The normalized spacial score (nSPS) is 12.5. The Kier molecular flexibility index (Phi) is 74.8. The molecule has 0 bridgehead atoms. The van der Waals surface area contributed by atoms with Gasteiger partial charge in [-0.3, -0.25) is 9.59 Å². The van der Waals surface area contributed by atoms with Crippen LogP contribution in [0.4, 0.5) is 0 Å². The first kappa shape index (κ1) is 84.6. The van der Waals surface area contributed by atoms with Crippen molar-refractivity contribution in [2.75, 3.05) is 13.2 Å². The summed E-state index contributed by atoms with van der Waals surface area (Å²) in [7, 11) is 0. The third-order valence-corrected chi connectivity index (χ3v) is 19.1. The number of aliphatic hydroxyl groups is 2. The Morgan fingerprint density at radius 3 is 0.826 bits per heavy atom. The zero-order valence-electron chi connectivity index (χ0n) is 58.8. The topological polar surface area (TPSA) is 95.9 Å². The number of hydrogen-bond donors (Lipinski definition) is 3. The molecule has 0 aromatic heterocycles. The van der Waals surface area contributed by atoms with E-state index in [2.05, 4.69) is 31.3 Å². The Morgan fingerprint density at radius 2 is 0.547 bits per heavy atom. The lowest BCUT2D eigenvalue weighted by atomic mass is 10.0. The van der Waals surface area contributed by atoms with E-state index in [1.807, 2.05) is 0 Å². The van der Waals surface area contributed by atoms with E-state index in [9.17, 15) is 19.8 Å². The molecule has 0 radical (unpaired) electrons. The van der Waals surface area contributed by atoms with Gasteiger partial charge in [-0.15, -0.1) is 0 Å². The van der Waals surface area contributed by atoms with Gasteiger partial charge in [0.05, 0.1) is 25.4 Å². The molecule has 6 heteroatoms. The minimum atomic E-state index is -0.662. The highest BCUT2D eigenvalue weighted by atomic mass is 16.5. The van der Waals surface area contributed by atoms with E-state index < -0.39 is 12.1 Å². The predicted molar refractivity (Wildman–Crippen MR) is 380 cm³/mol. The van der Waals surface area contributed by atoms with Gasteiger partial charge in [-0.25, -0.2) is 0 Å². The molecule has 0 aromatic carbocycles. The van der Waals surface area contributed by atoms with E-state index in [0.717, 1.165) is 38.5 Å². The van der Waals surface area contributed by atoms with E-state index in [1.165, 1.54) is 392 Å². The third kappa shape index (κ3) is 71.7. The highest BCUT2D eigenvalue weighted by Crippen LogP contribution is 2.20. The zero-order chi connectivity index (χ0) is 62.0. The SMILES string of the molecule is CCCCCCCCCCCCCCCCCCCCCCC(O)C(CO)NC(=O)CCCCCCCCCCCCCCCCCCC/C=C\CCCCCCCCCCCCCCOC(=O)CCCCCCCCCCCCCCCCCC. The second-order valence-corrected chi connectivity index (χ2v) is 27.8. The van der Waals surface area contributed by atoms with Gasteiger partial charge in [-0.2, -0.15) is 0 Å². The number of amides is 1. The van der Waals surface area contributed by atoms with E-state index >= 15 is 0 Å². The van der Waals surface area contributed by atoms with Gasteiger partial charge in [0.2, 0.25) is 5.91 Å². The lowest BCUT2D eigenvalue weighted by molar-refractivity contribution is -0.143. The first-order chi connectivity index (χ1) is 42.5. The molecule has 2 atom stereocenters. The van der Waals surface area contributed by atoms with Crippen LogP contribution in [-0.4, -0.2) is 47.4 Å². The summed E-state index contributed by atoms with van der Waals surface area (Å²) in [6, 6.07) is -0.539. The summed E-state index contributed by atoms with van der Waals surface area (Å²) in [5.41, 5.74) is 0. The maximum absolute atomic E-state index is 12.6. The number of nitrogens with one attached hydrogen (secondary N) is 1. The van der Waals surface area contributed by atoms with Crippen molar-refractivity contribution in [3.63, 3.8) is 0 Å². The summed E-state index contributed by atoms with van der Waals surface area (Å²) in [6.45, 7) is 5.01. The van der Waals surface area contributed by atoms with Crippen LogP contribution in [0.1, 0.15) is 463 Å². The van der Waals surface area contributed by atoms with Crippen LogP contribution in [0.15, 0.2) is 12.2 Å². The van der Waals surface area contributed by atoms with Crippen molar-refractivity contribution in [2.45, 2.75) is 475 Å². The lowest BCUT2D eigenvalue weighted by Gasteiger charge is -2.22. The van der Waals surface area contributed by atoms with Crippen molar-refractivity contribution < 1.29 is 24.5 Å². The monoisotopic (exact) mass is 1210 g/mol. The van der Waals surface area contributed by atoms with Crippen molar-refractivity contribution >= 4 is 11.9 Å². The summed E-state index contributed by atoms with van der Waals surface area (Å²) >= 11 is 0. The minimum Gasteiger partial charge on any atom is -0.466 e. The number of unbranched alkanes of at least 4 members (excludes halogenated alkanes) is 63. The maximum atomic E-state index is 12.6. The van der Waals surface area contributed by atoms with Crippen molar-refractivity contribution in [3.8, 4) is 0 Å². The molecule has 0 aliphatic heterocycles. The zero-order valence-corrected chi connectivity index (χ0v) is 58.8. The van der Waals surface area contributed by atoms with E-state index in [1.54, 1.807) is 0 Å². The second-order valence-electron chi connectivity index (χ2n) is 27.8. The first-order valence-electron chi connectivity index (χ1n) is 39.9. The molecule has 0 spiro atoms. The van der Waals surface area contributed by atoms with Gasteiger partial charge < -0.3 is 20.3 Å². The van der Waals surface area contributed by atoms with Crippen molar-refractivity contribution in [2.24, 2.45) is 0 Å². The Hall–Kier alpha value is -1.40. The molecule has 512 valence electrons. The van der Waals surface area contributed by atoms with Crippen LogP contribution in [0.3, 0.4) is 0 Å². The number of allylic oxidation sites excluding steroid dienone is 2. The molecule has 86 heavy (non-hydrogen) atoms. The van der Waals surface area contributed by atoms with Gasteiger partial charge in [0.15, 0.2) is 0 Å². The molecule has 3 N–H and O–H groups in total. The van der Waals surface area contributed by atoms with E-state index in [0.29, 0.717) is 25.9 Å². The Morgan fingerprint density at radius 1 is 0.314 bits per heavy atom. The van der Waals surface area contributed by atoms with Crippen LogP contribution in [-0.2, 0) is 14.3 Å². The number of esters is 1. The maximum Gasteiger partial charge on any atom is 0.305 e. The highest BCUT2D eigenvalue weighted by Gasteiger charge is 2.20. The number of rotatable bonds is 76. The summed E-state index contributed by atoms with van der Waals surface area (Å²) < 4.78 is 5.51. The number of carbonyl (C=O) groups excluding carboxylic acids is 2. The number of aliphatic hydroxyl groups excluding tert-OH is 2.